The number of carbonyl (C=O) groups is 1. The monoisotopic (exact) mass is 370 g/mol. The van der Waals surface area contributed by atoms with Gasteiger partial charge < -0.3 is 15.3 Å². The van der Waals surface area contributed by atoms with Crippen LogP contribution in [0, 0.1) is 0 Å². The van der Waals surface area contributed by atoms with Crippen LogP contribution in [0.3, 0.4) is 0 Å². The van der Waals surface area contributed by atoms with Crippen LogP contribution in [0.1, 0.15) is 74.1 Å². The van der Waals surface area contributed by atoms with Crippen molar-refractivity contribution in [2.75, 3.05) is 0 Å². The van der Waals surface area contributed by atoms with E-state index in [-0.39, 0.29) is 23.8 Å². The van der Waals surface area contributed by atoms with Gasteiger partial charge in [0.05, 0.1) is 6.42 Å². The van der Waals surface area contributed by atoms with E-state index in [1.54, 1.807) is 24.3 Å². The molecule has 0 aliphatic rings. The Bertz CT molecular complexity index is 709. The number of carboxylic acids is 1. The number of rotatable bonds is 10. The van der Waals surface area contributed by atoms with E-state index in [0.29, 0.717) is 0 Å². The van der Waals surface area contributed by atoms with Crippen LogP contribution in [0.4, 0.5) is 0 Å². The molecule has 0 heterocycles. The zero-order valence-corrected chi connectivity index (χ0v) is 16.2. The average molecular weight is 370 g/mol. The smallest absolute Gasteiger partial charge is 0.304 e. The van der Waals surface area contributed by atoms with Gasteiger partial charge in [0.2, 0.25) is 0 Å². The molecule has 0 amide bonds. The lowest BCUT2D eigenvalue weighted by Crippen LogP contribution is -2.09. The first-order valence-electron chi connectivity index (χ1n) is 9.81. The summed E-state index contributed by atoms with van der Waals surface area (Å²) in [6, 6.07) is 10.8. The van der Waals surface area contributed by atoms with Crippen LogP contribution in [-0.4, -0.2) is 21.3 Å². The lowest BCUT2D eigenvalue weighted by molar-refractivity contribution is -0.137. The number of phenols is 2. The molecule has 0 radical (unpaired) electrons. The molecule has 0 saturated carbocycles. The van der Waals surface area contributed by atoms with Crippen LogP contribution in [0.15, 0.2) is 36.4 Å². The topological polar surface area (TPSA) is 77.8 Å². The van der Waals surface area contributed by atoms with Crippen molar-refractivity contribution in [3.8, 4) is 11.5 Å². The number of hydrogen-bond acceptors (Lipinski definition) is 3. The molecule has 3 N–H and O–H groups in total. The maximum atomic E-state index is 11.5. The van der Waals surface area contributed by atoms with Gasteiger partial charge in [-0.15, -0.1) is 0 Å². The van der Waals surface area contributed by atoms with Crippen LogP contribution < -0.4 is 0 Å². The third-order valence-corrected chi connectivity index (χ3v) is 4.99. The van der Waals surface area contributed by atoms with Crippen molar-refractivity contribution >= 4 is 5.97 Å². The minimum absolute atomic E-state index is 0.0318. The highest BCUT2D eigenvalue weighted by atomic mass is 16.4. The Morgan fingerprint density at radius 1 is 0.852 bits per heavy atom. The highest BCUT2D eigenvalue weighted by Crippen LogP contribution is 2.34. The van der Waals surface area contributed by atoms with Gasteiger partial charge in [0, 0.05) is 5.92 Å². The van der Waals surface area contributed by atoms with Gasteiger partial charge in [0.25, 0.3) is 0 Å². The molecular formula is C23H30O4. The van der Waals surface area contributed by atoms with E-state index >= 15 is 0 Å². The second-order valence-corrected chi connectivity index (χ2v) is 7.13. The largest absolute Gasteiger partial charge is 0.508 e. The Morgan fingerprint density at radius 2 is 1.30 bits per heavy atom. The van der Waals surface area contributed by atoms with Gasteiger partial charge in [0.15, 0.2) is 0 Å². The standard InChI is InChI=1S/C23H30O4/c1-3-5-7-18-13-16(9-11-21(18)24)20(15-23(26)27)17-10-12-22(25)19(14-17)8-6-4-2/h9-14,20,24-25H,3-8,15H2,1-2H3,(H,26,27). The van der Waals surface area contributed by atoms with Crippen LogP contribution in [-0.2, 0) is 17.6 Å². The first-order chi connectivity index (χ1) is 13.0. The van der Waals surface area contributed by atoms with Gasteiger partial charge in [-0.25, -0.2) is 0 Å². The van der Waals surface area contributed by atoms with Crippen molar-refractivity contribution in [1.82, 2.24) is 0 Å². The fourth-order valence-electron chi connectivity index (χ4n) is 3.38. The van der Waals surface area contributed by atoms with Gasteiger partial charge in [-0.1, -0.05) is 51.0 Å². The molecule has 2 aromatic rings. The summed E-state index contributed by atoms with van der Waals surface area (Å²) in [5.41, 5.74) is 3.48. The maximum absolute atomic E-state index is 11.5. The quantitative estimate of drug-likeness (QED) is 0.524. The summed E-state index contributed by atoms with van der Waals surface area (Å²) in [4.78, 5) is 11.5. The number of aliphatic carboxylic acids is 1. The van der Waals surface area contributed by atoms with Crippen LogP contribution >= 0.6 is 0 Å². The second kappa shape index (κ2) is 10.0. The number of hydrogen-bond donors (Lipinski definition) is 3. The Kier molecular flexibility index (Phi) is 7.71. The Morgan fingerprint density at radius 3 is 1.67 bits per heavy atom. The van der Waals surface area contributed by atoms with E-state index in [1.165, 1.54) is 0 Å². The number of aromatic hydroxyl groups is 2. The third-order valence-electron chi connectivity index (χ3n) is 4.99. The van der Waals surface area contributed by atoms with E-state index in [4.69, 9.17) is 0 Å². The van der Waals surface area contributed by atoms with Gasteiger partial charge in [0.1, 0.15) is 11.5 Å². The van der Waals surface area contributed by atoms with Crippen molar-refractivity contribution in [3.05, 3.63) is 58.7 Å². The molecule has 0 aromatic heterocycles. The SMILES string of the molecule is CCCCc1cc(C(CC(=O)O)c2ccc(O)c(CCCC)c2)ccc1O. The number of phenolic OH excluding ortho intramolecular Hbond substituents is 2. The van der Waals surface area contributed by atoms with Gasteiger partial charge >= 0.3 is 5.97 Å². The number of carboxylic acid groups (broad SMARTS) is 1. The first kappa shape index (κ1) is 20.8. The molecule has 0 unspecified atom stereocenters. The van der Waals surface area contributed by atoms with E-state index < -0.39 is 5.97 Å². The number of unbranched alkanes of at least 4 members (excludes halogenated alkanes) is 2. The molecule has 0 fully saturated rings. The summed E-state index contributed by atoms with van der Waals surface area (Å²) in [6.45, 7) is 4.20. The molecular weight excluding hydrogens is 340 g/mol. The van der Waals surface area contributed by atoms with Crippen molar-refractivity contribution in [1.29, 1.82) is 0 Å². The molecule has 4 heteroatoms. The van der Waals surface area contributed by atoms with Crippen LogP contribution in [0.2, 0.25) is 0 Å². The summed E-state index contributed by atoms with van der Waals surface area (Å²) in [7, 11) is 0. The van der Waals surface area contributed by atoms with Crippen molar-refractivity contribution in [2.45, 2.75) is 64.7 Å². The molecule has 0 bridgehead atoms. The minimum Gasteiger partial charge on any atom is -0.508 e. The Balaban J connectivity index is 2.42. The lowest BCUT2D eigenvalue weighted by atomic mass is 9.86. The highest BCUT2D eigenvalue weighted by molar-refractivity contribution is 5.69. The van der Waals surface area contributed by atoms with Crippen LogP contribution in [0.25, 0.3) is 0 Å². The summed E-state index contributed by atoms with van der Waals surface area (Å²) in [5, 5.41) is 29.7. The molecule has 0 aliphatic heterocycles. The molecule has 2 rings (SSSR count). The summed E-state index contributed by atoms with van der Waals surface area (Å²) in [5.74, 6) is -0.665. The van der Waals surface area contributed by atoms with Crippen molar-refractivity contribution in [2.24, 2.45) is 0 Å². The highest BCUT2D eigenvalue weighted by Gasteiger charge is 2.20. The molecule has 2 aromatic carbocycles. The summed E-state index contributed by atoms with van der Waals surface area (Å²) in [6.07, 6.45) is 5.51. The molecule has 0 aliphatic carbocycles. The van der Waals surface area contributed by atoms with E-state index in [9.17, 15) is 20.1 Å². The molecule has 146 valence electrons. The Hall–Kier alpha value is -2.49. The van der Waals surface area contributed by atoms with Crippen LogP contribution in [0.5, 0.6) is 11.5 Å². The molecule has 0 spiro atoms. The predicted molar refractivity (Wildman–Crippen MR) is 108 cm³/mol. The molecule has 27 heavy (non-hydrogen) atoms. The molecule has 0 atom stereocenters. The maximum Gasteiger partial charge on any atom is 0.304 e. The summed E-state index contributed by atoms with van der Waals surface area (Å²) >= 11 is 0. The molecule has 0 saturated heterocycles. The zero-order valence-electron chi connectivity index (χ0n) is 16.2. The fraction of sp³-hybridized carbons (Fsp3) is 0.435. The number of benzene rings is 2. The van der Waals surface area contributed by atoms with Crippen molar-refractivity contribution < 1.29 is 20.1 Å². The fourth-order valence-corrected chi connectivity index (χ4v) is 3.38. The van der Waals surface area contributed by atoms with Crippen molar-refractivity contribution in [3.63, 3.8) is 0 Å². The van der Waals surface area contributed by atoms with Gasteiger partial charge in [-0.3, -0.25) is 4.79 Å². The average Bonchev–Trinajstić information content (AvgIpc) is 2.65. The first-order valence-corrected chi connectivity index (χ1v) is 9.81. The molecule has 4 nitrogen and oxygen atoms in total. The second-order valence-electron chi connectivity index (χ2n) is 7.13. The third kappa shape index (κ3) is 5.75. The summed E-state index contributed by atoms with van der Waals surface area (Å²) < 4.78 is 0. The van der Waals surface area contributed by atoms with E-state index in [1.807, 2.05) is 12.1 Å². The normalized spacial score (nSPS) is 11.1. The number of aryl methyl sites for hydroxylation is 2. The van der Waals surface area contributed by atoms with Gasteiger partial charge in [-0.2, -0.15) is 0 Å². The van der Waals surface area contributed by atoms with Gasteiger partial charge in [-0.05, 0) is 60.1 Å². The van der Waals surface area contributed by atoms with E-state index in [0.717, 1.165) is 60.8 Å². The lowest BCUT2D eigenvalue weighted by Gasteiger charge is -2.19. The van der Waals surface area contributed by atoms with E-state index in [2.05, 4.69) is 13.8 Å². The predicted octanol–water partition coefficient (Wildman–Crippen LogP) is 5.39. The minimum atomic E-state index is -0.869. The zero-order chi connectivity index (χ0) is 19.8. The Labute approximate surface area is 161 Å².